The summed E-state index contributed by atoms with van der Waals surface area (Å²) < 4.78 is 19.8. The van der Waals surface area contributed by atoms with Crippen molar-refractivity contribution < 1.29 is 33.3 Å². The summed E-state index contributed by atoms with van der Waals surface area (Å²) in [6.07, 6.45) is -1.98. The second-order valence-corrected chi connectivity index (χ2v) is 5.82. The first-order valence-corrected chi connectivity index (χ1v) is 8.41. The molecule has 0 saturated carbocycles. The Bertz CT molecular complexity index is 747. The predicted molar refractivity (Wildman–Crippen MR) is 101 cm³/mol. The second kappa shape index (κ2) is 10.0. The number of carbonyl (C=O) groups is 3. The van der Waals surface area contributed by atoms with Crippen molar-refractivity contribution in [1.29, 1.82) is 0 Å². The minimum absolute atomic E-state index is 0.233. The van der Waals surface area contributed by atoms with Gasteiger partial charge in [-0.3, -0.25) is 14.4 Å². The van der Waals surface area contributed by atoms with Crippen LogP contribution in [0.25, 0.3) is 0 Å². The van der Waals surface area contributed by atoms with Crippen LogP contribution in [0, 0.1) is 0 Å². The maximum atomic E-state index is 12.6. The molecular weight excluding hydrogens is 364 g/mol. The SMILES string of the molecule is COC(OC)C(=O)c1ccc(C(=O)c2ccc(C(=O)C(OC)OC)cc2)cc1. The molecular formula is C21H22O7. The van der Waals surface area contributed by atoms with Crippen LogP contribution in [-0.4, -0.2) is 58.4 Å². The molecule has 0 aliphatic rings. The highest BCUT2D eigenvalue weighted by atomic mass is 16.7. The molecule has 28 heavy (non-hydrogen) atoms. The molecule has 2 rings (SSSR count). The van der Waals surface area contributed by atoms with Crippen LogP contribution >= 0.6 is 0 Å². The van der Waals surface area contributed by atoms with E-state index in [2.05, 4.69) is 0 Å². The van der Waals surface area contributed by atoms with Crippen molar-refractivity contribution in [2.24, 2.45) is 0 Å². The molecule has 0 heterocycles. The number of Topliss-reactive ketones (excluding diaryl/α,β-unsaturated/α-hetero) is 2. The molecule has 0 aliphatic heterocycles. The third-order valence-electron chi connectivity index (χ3n) is 4.15. The molecule has 0 saturated heterocycles. The highest BCUT2D eigenvalue weighted by Crippen LogP contribution is 2.15. The fourth-order valence-corrected chi connectivity index (χ4v) is 2.63. The van der Waals surface area contributed by atoms with Gasteiger partial charge < -0.3 is 18.9 Å². The quantitative estimate of drug-likeness (QED) is 0.458. The van der Waals surface area contributed by atoms with Crippen molar-refractivity contribution in [2.45, 2.75) is 12.6 Å². The average molecular weight is 386 g/mol. The lowest BCUT2D eigenvalue weighted by atomic mass is 9.99. The topological polar surface area (TPSA) is 88.1 Å². The van der Waals surface area contributed by atoms with Crippen LogP contribution < -0.4 is 0 Å². The Morgan fingerprint density at radius 3 is 1.04 bits per heavy atom. The van der Waals surface area contributed by atoms with E-state index < -0.39 is 12.6 Å². The smallest absolute Gasteiger partial charge is 0.222 e. The zero-order valence-corrected chi connectivity index (χ0v) is 16.1. The highest BCUT2D eigenvalue weighted by Gasteiger charge is 2.21. The Kier molecular flexibility index (Phi) is 7.71. The first-order chi connectivity index (χ1) is 13.5. The molecule has 0 bridgehead atoms. The van der Waals surface area contributed by atoms with Gasteiger partial charge in [-0.25, -0.2) is 0 Å². The second-order valence-electron chi connectivity index (χ2n) is 5.82. The van der Waals surface area contributed by atoms with Gasteiger partial charge in [-0.2, -0.15) is 0 Å². The molecule has 0 atom stereocenters. The lowest BCUT2D eigenvalue weighted by molar-refractivity contribution is -0.0742. The predicted octanol–water partition coefficient (Wildman–Crippen LogP) is 2.52. The summed E-state index contributed by atoms with van der Waals surface area (Å²) in [4.78, 5) is 37.0. The third kappa shape index (κ3) is 4.76. The van der Waals surface area contributed by atoms with Gasteiger partial charge in [0.2, 0.25) is 24.1 Å². The molecule has 0 N–H and O–H groups in total. The van der Waals surface area contributed by atoms with Gasteiger partial charge in [0.15, 0.2) is 5.78 Å². The summed E-state index contributed by atoms with van der Waals surface area (Å²) in [6, 6.07) is 12.4. The lowest BCUT2D eigenvalue weighted by Crippen LogP contribution is -2.25. The summed E-state index contributed by atoms with van der Waals surface area (Å²) >= 11 is 0. The van der Waals surface area contributed by atoms with Crippen LogP contribution in [0.5, 0.6) is 0 Å². The molecule has 0 radical (unpaired) electrons. The number of benzene rings is 2. The van der Waals surface area contributed by atoms with Crippen molar-refractivity contribution in [3.05, 3.63) is 70.8 Å². The molecule has 0 unspecified atom stereocenters. The van der Waals surface area contributed by atoms with Crippen LogP contribution in [-0.2, 0) is 18.9 Å². The lowest BCUT2D eigenvalue weighted by Gasteiger charge is -2.12. The Hall–Kier alpha value is -2.71. The van der Waals surface area contributed by atoms with Crippen molar-refractivity contribution in [3.8, 4) is 0 Å². The van der Waals surface area contributed by atoms with Crippen LogP contribution in [0.3, 0.4) is 0 Å². The van der Waals surface area contributed by atoms with E-state index in [4.69, 9.17) is 18.9 Å². The molecule has 148 valence electrons. The summed E-state index contributed by atoms with van der Waals surface area (Å²) in [7, 11) is 5.50. The summed E-state index contributed by atoms with van der Waals surface area (Å²) in [5, 5.41) is 0. The van der Waals surface area contributed by atoms with Crippen LogP contribution in [0.2, 0.25) is 0 Å². The van der Waals surface area contributed by atoms with Crippen molar-refractivity contribution in [2.75, 3.05) is 28.4 Å². The average Bonchev–Trinajstić information content (AvgIpc) is 2.75. The molecule has 0 aliphatic carbocycles. The maximum absolute atomic E-state index is 12.6. The van der Waals surface area contributed by atoms with Gasteiger partial charge in [0.05, 0.1) is 0 Å². The fraction of sp³-hybridized carbons (Fsp3) is 0.286. The van der Waals surface area contributed by atoms with Crippen LogP contribution in [0.4, 0.5) is 0 Å². The summed E-state index contributed by atoms with van der Waals surface area (Å²) in [5.74, 6) is -0.904. The number of ether oxygens (including phenoxy) is 4. The van der Waals surface area contributed by atoms with Gasteiger partial charge in [-0.15, -0.1) is 0 Å². The van der Waals surface area contributed by atoms with Gasteiger partial charge >= 0.3 is 0 Å². The molecule has 7 nitrogen and oxygen atoms in total. The van der Waals surface area contributed by atoms with E-state index in [0.717, 1.165) is 0 Å². The van der Waals surface area contributed by atoms with Gasteiger partial charge in [-0.1, -0.05) is 48.5 Å². The number of hydrogen-bond donors (Lipinski definition) is 0. The zero-order chi connectivity index (χ0) is 20.7. The largest absolute Gasteiger partial charge is 0.349 e. The van der Waals surface area contributed by atoms with Gasteiger partial charge in [0.25, 0.3) is 0 Å². The van der Waals surface area contributed by atoms with E-state index >= 15 is 0 Å². The molecule has 2 aromatic rings. The van der Waals surface area contributed by atoms with E-state index in [1.54, 1.807) is 48.5 Å². The van der Waals surface area contributed by atoms with Crippen molar-refractivity contribution in [1.82, 2.24) is 0 Å². The maximum Gasteiger partial charge on any atom is 0.222 e. The minimum Gasteiger partial charge on any atom is -0.349 e. The van der Waals surface area contributed by atoms with E-state index in [-0.39, 0.29) is 17.3 Å². The number of rotatable bonds is 10. The number of ketones is 3. The van der Waals surface area contributed by atoms with Gasteiger partial charge in [-0.05, 0) is 0 Å². The standard InChI is InChI=1S/C21H22O7/c1-25-20(26-2)18(23)15-9-5-13(6-10-15)17(22)14-7-11-16(12-8-14)19(24)21(27-3)28-4/h5-12,20-21H,1-4H3. The number of methoxy groups -OCH3 is 4. The highest BCUT2D eigenvalue weighted by molar-refractivity contribution is 6.10. The van der Waals surface area contributed by atoms with Crippen LogP contribution in [0.1, 0.15) is 36.6 Å². The van der Waals surface area contributed by atoms with Crippen LogP contribution in [0.15, 0.2) is 48.5 Å². The Morgan fingerprint density at radius 1 is 0.536 bits per heavy atom. The number of carbonyl (C=O) groups excluding carboxylic acids is 3. The fourth-order valence-electron chi connectivity index (χ4n) is 2.63. The summed E-state index contributed by atoms with van der Waals surface area (Å²) in [6.45, 7) is 0. The van der Waals surface area contributed by atoms with Gasteiger partial charge in [0.1, 0.15) is 0 Å². The molecule has 0 aromatic heterocycles. The Balaban J connectivity index is 2.16. The Labute approximate surface area is 163 Å². The molecule has 0 fully saturated rings. The third-order valence-corrected chi connectivity index (χ3v) is 4.15. The minimum atomic E-state index is -0.991. The number of hydrogen-bond acceptors (Lipinski definition) is 7. The molecule has 7 heteroatoms. The van der Waals surface area contributed by atoms with Gasteiger partial charge in [0, 0.05) is 50.7 Å². The van der Waals surface area contributed by atoms with E-state index in [1.807, 2.05) is 0 Å². The summed E-state index contributed by atoms with van der Waals surface area (Å²) in [5.41, 5.74) is 1.56. The monoisotopic (exact) mass is 386 g/mol. The Morgan fingerprint density at radius 2 is 0.786 bits per heavy atom. The normalized spacial score (nSPS) is 11.1. The van der Waals surface area contributed by atoms with Crippen molar-refractivity contribution >= 4 is 17.3 Å². The van der Waals surface area contributed by atoms with Crippen molar-refractivity contribution in [3.63, 3.8) is 0 Å². The van der Waals surface area contributed by atoms with E-state index in [1.165, 1.54) is 28.4 Å². The first kappa shape index (κ1) is 21.6. The molecule has 0 amide bonds. The molecule has 2 aromatic carbocycles. The molecule has 0 spiro atoms. The van der Waals surface area contributed by atoms with E-state index in [9.17, 15) is 14.4 Å². The first-order valence-electron chi connectivity index (χ1n) is 8.41. The zero-order valence-electron chi connectivity index (χ0n) is 16.1. The van der Waals surface area contributed by atoms with E-state index in [0.29, 0.717) is 22.3 Å².